The van der Waals surface area contributed by atoms with E-state index >= 15 is 0 Å². The van der Waals surface area contributed by atoms with Crippen molar-refractivity contribution >= 4 is 29.0 Å². The Bertz CT molecular complexity index is 736. The number of carbonyl (C=O) groups is 1. The number of hydrogen-bond acceptors (Lipinski definition) is 5. The van der Waals surface area contributed by atoms with Crippen LogP contribution in [-0.4, -0.2) is 33.8 Å². The Morgan fingerprint density at radius 1 is 1.16 bits per heavy atom. The lowest BCUT2D eigenvalue weighted by Crippen LogP contribution is -2.44. The molecule has 132 valence electrons. The molecular weight excluding hydrogens is 350 g/mol. The molecule has 4 N–H and O–H groups in total. The number of nitrogens with zero attached hydrogens (tertiary/aromatic N) is 1. The molecule has 2 atom stereocenters. The minimum atomic E-state index is -1.23. The molecular formula is C16H16ClN3O5. The van der Waals surface area contributed by atoms with Gasteiger partial charge in [0, 0.05) is 22.8 Å². The van der Waals surface area contributed by atoms with E-state index in [0.717, 1.165) is 0 Å². The number of hydrogen-bond donors (Lipinski definition) is 4. The van der Waals surface area contributed by atoms with Gasteiger partial charge in [-0.2, -0.15) is 0 Å². The smallest absolute Gasteiger partial charge is 0.319 e. The zero-order valence-electron chi connectivity index (χ0n) is 12.9. The van der Waals surface area contributed by atoms with Gasteiger partial charge in [0.1, 0.15) is 6.10 Å². The van der Waals surface area contributed by atoms with Crippen LogP contribution in [0.15, 0.2) is 48.5 Å². The van der Waals surface area contributed by atoms with Gasteiger partial charge in [-0.15, -0.1) is 0 Å². The van der Waals surface area contributed by atoms with Gasteiger partial charge in [-0.1, -0.05) is 11.6 Å². The average molecular weight is 366 g/mol. The molecule has 2 amide bonds. The molecule has 9 heteroatoms. The maximum Gasteiger partial charge on any atom is 0.319 e. The summed E-state index contributed by atoms with van der Waals surface area (Å²) < 4.78 is 0. The molecule has 0 aliphatic carbocycles. The van der Waals surface area contributed by atoms with Crippen molar-refractivity contribution in [1.29, 1.82) is 0 Å². The fourth-order valence-corrected chi connectivity index (χ4v) is 2.24. The van der Waals surface area contributed by atoms with Crippen LogP contribution in [0.1, 0.15) is 11.7 Å². The summed E-state index contributed by atoms with van der Waals surface area (Å²) in [4.78, 5) is 22.1. The van der Waals surface area contributed by atoms with Crippen molar-refractivity contribution in [3.63, 3.8) is 0 Å². The van der Waals surface area contributed by atoms with E-state index in [9.17, 15) is 25.1 Å². The van der Waals surface area contributed by atoms with E-state index in [1.807, 2.05) is 0 Å². The number of carbonyl (C=O) groups excluding carboxylic acids is 1. The summed E-state index contributed by atoms with van der Waals surface area (Å²) in [5.41, 5.74) is 0.699. The second-order valence-electron chi connectivity index (χ2n) is 5.19. The molecule has 2 aromatic carbocycles. The zero-order valence-corrected chi connectivity index (χ0v) is 13.7. The Morgan fingerprint density at radius 3 is 2.28 bits per heavy atom. The van der Waals surface area contributed by atoms with Crippen molar-refractivity contribution in [3.8, 4) is 0 Å². The number of rotatable bonds is 6. The van der Waals surface area contributed by atoms with E-state index in [1.54, 1.807) is 24.3 Å². The van der Waals surface area contributed by atoms with Gasteiger partial charge in [0.05, 0.1) is 17.6 Å². The van der Waals surface area contributed by atoms with Crippen LogP contribution in [0.3, 0.4) is 0 Å². The van der Waals surface area contributed by atoms with E-state index < -0.39 is 29.7 Å². The van der Waals surface area contributed by atoms with E-state index in [1.165, 1.54) is 24.3 Å². The predicted octanol–water partition coefficient (Wildman–Crippen LogP) is 2.46. The topological polar surface area (TPSA) is 125 Å². The Morgan fingerprint density at radius 2 is 1.76 bits per heavy atom. The monoisotopic (exact) mass is 365 g/mol. The molecule has 0 saturated heterocycles. The van der Waals surface area contributed by atoms with Crippen molar-refractivity contribution in [3.05, 3.63) is 69.2 Å². The summed E-state index contributed by atoms with van der Waals surface area (Å²) >= 11 is 5.76. The molecule has 8 nitrogen and oxygen atoms in total. The number of nitro benzene ring substituents is 1. The van der Waals surface area contributed by atoms with Gasteiger partial charge in [-0.25, -0.2) is 4.79 Å². The highest BCUT2D eigenvalue weighted by Crippen LogP contribution is 2.20. The first-order chi connectivity index (χ1) is 11.9. The predicted molar refractivity (Wildman–Crippen MR) is 92.5 cm³/mol. The fraction of sp³-hybridized carbons (Fsp3) is 0.188. The lowest BCUT2D eigenvalue weighted by Gasteiger charge is -2.22. The van der Waals surface area contributed by atoms with E-state index in [-0.39, 0.29) is 5.69 Å². The van der Waals surface area contributed by atoms with Crippen LogP contribution in [0.5, 0.6) is 0 Å². The normalized spacial score (nSPS) is 12.9. The van der Waals surface area contributed by atoms with Crippen molar-refractivity contribution in [1.82, 2.24) is 5.32 Å². The zero-order chi connectivity index (χ0) is 18.4. The highest BCUT2D eigenvalue weighted by atomic mass is 35.5. The Balaban J connectivity index is 2.01. The summed E-state index contributed by atoms with van der Waals surface area (Å²) in [7, 11) is 0. The first-order valence-electron chi connectivity index (χ1n) is 7.27. The van der Waals surface area contributed by atoms with Crippen molar-refractivity contribution in [2.24, 2.45) is 0 Å². The van der Waals surface area contributed by atoms with Gasteiger partial charge in [0.25, 0.3) is 5.69 Å². The maximum atomic E-state index is 12.0. The highest BCUT2D eigenvalue weighted by molar-refractivity contribution is 6.30. The van der Waals surface area contributed by atoms with Crippen LogP contribution in [0.25, 0.3) is 0 Å². The average Bonchev–Trinajstić information content (AvgIpc) is 2.61. The number of benzene rings is 2. The summed E-state index contributed by atoms with van der Waals surface area (Å²) in [6.45, 7) is -0.522. The number of aliphatic hydroxyl groups is 2. The summed E-state index contributed by atoms with van der Waals surface area (Å²) in [5, 5.41) is 35.9. The quantitative estimate of drug-likeness (QED) is 0.462. The summed E-state index contributed by atoms with van der Waals surface area (Å²) in [6.07, 6.45) is -1.23. The first kappa shape index (κ1) is 18.7. The summed E-state index contributed by atoms with van der Waals surface area (Å²) in [6, 6.07) is 10.00. The fourth-order valence-electron chi connectivity index (χ4n) is 2.12. The number of nitrogens with one attached hydrogen (secondary N) is 2. The summed E-state index contributed by atoms with van der Waals surface area (Å²) in [5.74, 6) is 0. The van der Waals surface area contributed by atoms with Gasteiger partial charge >= 0.3 is 6.03 Å². The van der Waals surface area contributed by atoms with Crippen LogP contribution < -0.4 is 10.6 Å². The Kier molecular flexibility index (Phi) is 6.29. The molecule has 2 unspecified atom stereocenters. The molecule has 0 fully saturated rings. The standard InChI is InChI=1S/C16H16ClN3O5/c17-11-3-5-12(6-4-11)18-16(23)19-14(9-21)15(22)10-1-7-13(8-2-10)20(24)25/h1-8,14-15,21-22H,9H2,(H2,18,19,23). The van der Waals surface area contributed by atoms with Crippen LogP contribution in [-0.2, 0) is 0 Å². The molecule has 25 heavy (non-hydrogen) atoms. The third-order valence-corrected chi connectivity index (χ3v) is 3.69. The van der Waals surface area contributed by atoms with Crippen molar-refractivity contribution in [2.45, 2.75) is 12.1 Å². The number of halogens is 1. The molecule has 0 radical (unpaired) electrons. The highest BCUT2D eigenvalue weighted by Gasteiger charge is 2.23. The number of nitro groups is 1. The molecule has 0 heterocycles. The third kappa shape index (κ3) is 5.15. The lowest BCUT2D eigenvalue weighted by atomic mass is 10.0. The van der Waals surface area contributed by atoms with E-state index in [0.29, 0.717) is 16.3 Å². The molecule has 0 bridgehead atoms. The minimum Gasteiger partial charge on any atom is -0.394 e. The van der Waals surface area contributed by atoms with Gasteiger partial charge < -0.3 is 20.8 Å². The Labute approximate surface area is 148 Å². The van der Waals surface area contributed by atoms with Gasteiger partial charge in [0.15, 0.2) is 0 Å². The van der Waals surface area contributed by atoms with Crippen LogP contribution in [0.4, 0.5) is 16.2 Å². The Hall–Kier alpha value is -2.68. The van der Waals surface area contributed by atoms with Crippen molar-refractivity contribution < 1.29 is 19.9 Å². The van der Waals surface area contributed by atoms with Crippen molar-refractivity contribution in [2.75, 3.05) is 11.9 Å². The molecule has 2 aromatic rings. The van der Waals surface area contributed by atoms with Crippen LogP contribution >= 0.6 is 11.6 Å². The SMILES string of the molecule is O=C(Nc1ccc(Cl)cc1)NC(CO)C(O)c1ccc([N+](=O)[O-])cc1. The number of aliphatic hydroxyl groups excluding tert-OH is 2. The second-order valence-corrected chi connectivity index (χ2v) is 5.62. The number of non-ortho nitro benzene ring substituents is 1. The largest absolute Gasteiger partial charge is 0.394 e. The molecule has 0 aromatic heterocycles. The van der Waals surface area contributed by atoms with Crippen LogP contribution in [0.2, 0.25) is 5.02 Å². The molecule has 0 saturated carbocycles. The maximum absolute atomic E-state index is 12.0. The van der Waals surface area contributed by atoms with Gasteiger partial charge in [0.2, 0.25) is 0 Å². The molecule has 0 aliphatic heterocycles. The van der Waals surface area contributed by atoms with Gasteiger partial charge in [-0.3, -0.25) is 10.1 Å². The van der Waals surface area contributed by atoms with E-state index in [4.69, 9.17) is 11.6 Å². The molecule has 2 rings (SSSR count). The van der Waals surface area contributed by atoms with Gasteiger partial charge in [-0.05, 0) is 42.0 Å². The van der Waals surface area contributed by atoms with E-state index in [2.05, 4.69) is 10.6 Å². The lowest BCUT2D eigenvalue weighted by molar-refractivity contribution is -0.384. The first-order valence-corrected chi connectivity index (χ1v) is 7.65. The third-order valence-electron chi connectivity index (χ3n) is 3.44. The minimum absolute atomic E-state index is 0.120. The molecule has 0 spiro atoms. The number of urea groups is 1. The number of anilines is 1. The van der Waals surface area contributed by atoms with Crippen LogP contribution in [0, 0.1) is 10.1 Å². The second kappa shape index (κ2) is 8.43. The molecule has 0 aliphatic rings. The number of amides is 2.